The SMILES string of the molecule is CN=C(NCCCN1C(=O)COc2ccccc21)NCc1ccn(C)c1. The van der Waals surface area contributed by atoms with Crippen molar-refractivity contribution in [2.75, 3.05) is 31.6 Å². The molecule has 7 nitrogen and oxygen atoms in total. The van der Waals surface area contributed by atoms with Crippen molar-refractivity contribution in [2.24, 2.45) is 12.0 Å². The van der Waals surface area contributed by atoms with E-state index < -0.39 is 0 Å². The lowest BCUT2D eigenvalue weighted by Gasteiger charge is -2.29. The summed E-state index contributed by atoms with van der Waals surface area (Å²) in [6, 6.07) is 9.71. The predicted molar refractivity (Wildman–Crippen MR) is 103 cm³/mol. The monoisotopic (exact) mass is 355 g/mol. The molecule has 0 saturated heterocycles. The number of nitrogens with zero attached hydrogens (tertiary/aromatic N) is 3. The maximum atomic E-state index is 12.1. The molecule has 2 aromatic rings. The minimum Gasteiger partial charge on any atom is -0.482 e. The van der Waals surface area contributed by atoms with Gasteiger partial charge < -0.3 is 24.8 Å². The van der Waals surface area contributed by atoms with Crippen molar-refractivity contribution in [1.29, 1.82) is 0 Å². The first-order valence-electron chi connectivity index (χ1n) is 8.75. The number of aromatic nitrogens is 1. The van der Waals surface area contributed by atoms with E-state index >= 15 is 0 Å². The molecule has 7 heteroatoms. The van der Waals surface area contributed by atoms with Crippen LogP contribution in [0.3, 0.4) is 0 Å². The largest absolute Gasteiger partial charge is 0.482 e. The first-order valence-corrected chi connectivity index (χ1v) is 8.75. The summed E-state index contributed by atoms with van der Waals surface area (Å²) in [6.45, 7) is 2.18. The topological polar surface area (TPSA) is 70.9 Å². The fourth-order valence-corrected chi connectivity index (χ4v) is 2.91. The lowest BCUT2D eigenvalue weighted by molar-refractivity contribution is -0.121. The number of guanidine groups is 1. The van der Waals surface area contributed by atoms with Gasteiger partial charge in [0.05, 0.1) is 5.69 Å². The average molecular weight is 355 g/mol. The maximum Gasteiger partial charge on any atom is 0.265 e. The molecule has 26 heavy (non-hydrogen) atoms. The number of aryl methyl sites for hydroxylation is 1. The summed E-state index contributed by atoms with van der Waals surface area (Å²) < 4.78 is 7.48. The van der Waals surface area contributed by atoms with Crippen LogP contribution in [0.25, 0.3) is 0 Å². The van der Waals surface area contributed by atoms with Crippen LogP contribution in [0.2, 0.25) is 0 Å². The second-order valence-corrected chi connectivity index (χ2v) is 6.19. The molecule has 0 radical (unpaired) electrons. The highest BCUT2D eigenvalue weighted by atomic mass is 16.5. The van der Waals surface area contributed by atoms with Gasteiger partial charge in [0.1, 0.15) is 5.75 Å². The molecule has 1 aromatic heterocycles. The Morgan fingerprint density at radius 1 is 1.27 bits per heavy atom. The summed E-state index contributed by atoms with van der Waals surface area (Å²) in [5.41, 5.74) is 2.04. The number of hydrogen-bond donors (Lipinski definition) is 2. The zero-order valence-corrected chi connectivity index (χ0v) is 15.2. The summed E-state index contributed by atoms with van der Waals surface area (Å²) in [7, 11) is 3.75. The minimum atomic E-state index is -0.00437. The fourth-order valence-electron chi connectivity index (χ4n) is 2.91. The second kappa shape index (κ2) is 8.42. The standard InChI is InChI=1S/C19H25N5O2/c1-20-19(22-12-15-8-11-23(2)13-15)21-9-5-10-24-16-6-3-4-7-17(16)26-14-18(24)25/h3-4,6-8,11,13H,5,9-10,12,14H2,1-2H3,(H2,20,21,22). The lowest BCUT2D eigenvalue weighted by atomic mass is 10.2. The number of ether oxygens (including phenoxy) is 1. The first-order chi connectivity index (χ1) is 12.7. The molecule has 2 N–H and O–H groups in total. The van der Waals surface area contributed by atoms with Gasteiger partial charge in [-0.1, -0.05) is 12.1 Å². The highest BCUT2D eigenvalue weighted by Gasteiger charge is 2.24. The number of fused-ring (bicyclic) bond motifs is 1. The molecule has 0 unspecified atom stereocenters. The van der Waals surface area contributed by atoms with E-state index in [1.54, 1.807) is 11.9 Å². The van der Waals surface area contributed by atoms with Gasteiger partial charge in [-0.15, -0.1) is 0 Å². The summed E-state index contributed by atoms with van der Waals surface area (Å²) in [5, 5.41) is 6.57. The molecule has 138 valence electrons. The number of rotatable bonds is 6. The fraction of sp³-hybridized carbons (Fsp3) is 0.368. The predicted octanol–water partition coefficient (Wildman–Crippen LogP) is 1.51. The van der Waals surface area contributed by atoms with E-state index in [0.29, 0.717) is 6.54 Å². The molecule has 2 heterocycles. The van der Waals surface area contributed by atoms with E-state index in [9.17, 15) is 4.79 Å². The Hall–Kier alpha value is -2.96. The number of hydrogen-bond acceptors (Lipinski definition) is 3. The van der Waals surface area contributed by atoms with Gasteiger partial charge in [-0.25, -0.2) is 0 Å². The van der Waals surface area contributed by atoms with Gasteiger partial charge >= 0.3 is 0 Å². The van der Waals surface area contributed by atoms with Crippen LogP contribution in [0.5, 0.6) is 5.75 Å². The number of benzene rings is 1. The quantitative estimate of drug-likeness (QED) is 0.468. The van der Waals surface area contributed by atoms with Crippen LogP contribution in [-0.4, -0.2) is 43.2 Å². The maximum absolute atomic E-state index is 12.1. The van der Waals surface area contributed by atoms with Crippen molar-refractivity contribution in [3.05, 3.63) is 48.3 Å². The number of para-hydroxylation sites is 2. The summed E-state index contributed by atoms with van der Waals surface area (Å²) in [6.07, 6.45) is 4.90. The highest BCUT2D eigenvalue weighted by Crippen LogP contribution is 2.31. The molecule has 1 amide bonds. The average Bonchev–Trinajstić information content (AvgIpc) is 3.08. The molecule has 1 aliphatic heterocycles. The Morgan fingerprint density at radius 2 is 2.12 bits per heavy atom. The van der Waals surface area contributed by atoms with Gasteiger partial charge in [0.2, 0.25) is 0 Å². The van der Waals surface area contributed by atoms with Crippen LogP contribution >= 0.6 is 0 Å². The van der Waals surface area contributed by atoms with Crippen molar-refractivity contribution in [2.45, 2.75) is 13.0 Å². The van der Waals surface area contributed by atoms with Crippen LogP contribution in [-0.2, 0) is 18.4 Å². The molecule has 1 aromatic carbocycles. The van der Waals surface area contributed by atoms with Gasteiger partial charge in [-0.05, 0) is 30.2 Å². The van der Waals surface area contributed by atoms with Crippen LogP contribution in [0.4, 0.5) is 5.69 Å². The van der Waals surface area contributed by atoms with Crippen molar-refractivity contribution in [3.63, 3.8) is 0 Å². The Balaban J connectivity index is 1.45. The molecule has 0 atom stereocenters. The first kappa shape index (κ1) is 17.8. The van der Waals surface area contributed by atoms with Crippen molar-refractivity contribution >= 4 is 17.6 Å². The minimum absolute atomic E-state index is 0.00437. The van der Waals surface area contributed by atoms with Gasteiger partial charge in [-0.3, -0.25) is 9.79 Å². The Morgan fingerprint density at radius 3 is 2.88 bits per heavy atom. The molecule has 1 aliphatic rings. The number of carbonyl (C=O) groups excluding carboxylic acids is 1. The Labute approximate surface area is 153 Å². The third kappa shape index (κ3) is 4.36. The normalized spacial score (nSPS) is 14.0. The molecule has 0 spiro atoms. The molecule has 0 fully saturated rings. The van der Waals surface area contributed by atoms with E-state index in [1.165, 1.54) is 5.56 Å². The van der Waals surface area contributed by atoms with E-state index in [2.05, 4.69) is 27.9 Å². The molecular weight excluding hydrogens is 330 g/mol. The van der Waals surface area contributed by atoms with Crippen molar-refractivity contribution < 1.29 is 9.53 Å². The number of anilines is 1. The van der Waals surface area contributed by atoms with Crippen molar-refractivity contribution in [1.82, 2.24) is 15.2 Å². The molecule has 0 aliphatic carbocycles. The van der Waals surface area contributed by atoms with Crippen LogP contribution in [0.15, 0.2) is 47.7 Å². The van der Waals surface area contributed by atoms with Gasteiger partial charge in [0.15, 0.2) is 12.6 Å². The van der Waals surface area contributed by atoms with Crippen LogP contribution in [0.1, 0.15) is 12.0 Å². The molecular formula is C19H25N5O2. The lowest BCUT2D eigenvalue weighted by Crippen LogP contribution is -2.41. The summed E-state index contributed by atoms with van der Waals surface area (Å²) >= 11 is 0. The second-order valence-electron chi connectivity index (χ2n) is 6.19. The highest BCUT2D eigenvalue weighted by molar-refractivity contribution is 5.97. The Bertz CT molecular complexity index is 784. The number of nitrogens with one attached hydrogen (secondary N) is 2. The molecule has 0 bridgehead atoms. The number of amides is 1. The van der Waals surface area contributed by atoms with Crippen molar-refractivity contribution in [3.8, 4) is 5.75 Å². The zero-order valence-electron chi connectivity index (χ0n) is 15.2. The molecule has 3 rings (SSSR count). The number of aliphatic imine (C=N–C) groups is 1. The Kier molecular flexibility index (Phi) is 5.78. The van der Waals surface area contributed by atoms with Crippen LogP contribution in [0, 0.1) is 0 Å². The summed E-state index contributed by atoms with van der Waals surface area (Å²) in [4.78, 5) is 18.2. The van der Waals surface area contributed by atoms with E-state index in [4.69, 9.17) is 4.74 Å². The molecule has 0 saturated carbocycles. The zero-order chi connectivity index (χ0) is 18.4. The third-order valence-electron chi connectivity index (χ3n) is 4.24. The van der Waals surface area contributed by atoms with E-state index in [0.717, 1.165) is 36.9 Å². The third-order valence-corrected chi connectivity index (χ3v) is 4.24. The summed E-state index contributed by atoms with van der Waals surface area (Å²) in [5.74, 6) is 1.51. The van der Waals surface area contributed by atoms with Crippen LogP contribution < -0.4 is 20.3 Å². The van der Waals surface area contributed by atoms with Gasteiger partial charge in [-0.2, -0.15) is 0 Å². The van der Waals surface area contributed by atoms with E-state index in [1.807, 2.05) is 42.1 Å². The van der Waals surface area contributed by atoms with E-state index in [-0.39, 0.29) is 12.5 Å². The smallest absolute Gasteiger partial charge is 0.265 e. The van der Waals surface area contributed by atoms with Gasteiger partial charge in [0.25, 0.3) is 5.91 Å². The van der Waals surface area contributed by atoms with Gasteiger partial charge in [0, 0.05) is 46.1 Å². The number of carbonyl (C=O) groups is 1.